The predicted octanol–water partition coefficient (Wildman–Crippen LogP) is 1.05. The van der Waals surface area contributed by atoms with Gasteiger partial charge in [0.15, 0.2) is 0 Å². The van der Waals surface area contributed by atoms with E-state index in [9.17, 15) is 9.28 Å². The van der Waals surface area contributed by atoms with Gasteiger partial charge >= 0.3 is 0 Å². The van der Waals surface area contributed by atoms with Crippen LogP contribution in [0.3, 0.4) is 0 Å². The number of amides is 1. The van der Waals surface area contributed by atoms with Gasteiger partial charge in [-0.1, -0.05) is 4.48 Å². The van der Waals surface area contributed by atoms with Crippen LogP contribution in [-0.2, 0) is 0 Å². The molecule has 0 aromatic heterocycles. The van der Waals surface area contributed by atoms with Crippen molar-refractivity contribution in [1.29, 1.82) is 0 Å². The molecule has 0 aliphatic carbocycles. The minimum Gasteiger partial charge on any atom is -0.369 e. The molecule has 1 aromatic rings. The fourth-order valence-electron chi connectivity index (χ4n) is 1.94. The van der Waals surface area contributed by atoms with E-state index in [1.54, 1.807) is 12.1 Å². The smallest absolute Gasteiger partial charge is 0.278 e. The van der Waals surface area contributed by atoms with Crippen molar-refractivity contribution in [2.45, 2.75) is 0 Å². The Kier molecular flexibility index (Phi) is 3.58. The van der Waals surface area contributed by atoms with E-state index in [1.807, 2.05) is 12.1 Å². The molecular weight excluding hydrogens is 221 g/mol. The van der Waals surface area contributed by atoms with Crippen LogP contribution in [0.2, 0.25) is 0 Å². The van der Waals surface area contributed by atoms with Crippen LogP contribution >= 0.6 is 0 Å². The van der Waals surface area contributed by atoms with E-state index in [2.05, 4.69) is 16.8 Å². The highest BCUT2D eigenvalue weighted by Crippen LogP contribution is 2.16. The van der Waals surface area contributed by atoms with E-state index in [4.69, 9.17) is 0 Å². The van der Waals surface area contributed by atoms with E-state index in [0.29, 0.717) is 5.56 Å². The molecule has 1 aromatic carbocycles. The van der Waals surface area contributed by atoms with Crippen molar-refractivity contribution < 1.29 is 9.28 Å². The Morgan fingerprint density at radius 2 is 1.76 bits per heavy atom. The number of nitrogens with zero attached hydrogens (tertiary/aromatic N) is 2. The zero-order chi connectivity index (χ0) is 12.3. The fraction of sp³-hybridized carbons (Fsp3) is 0.417. The van der Waals surface area contributed by atoms with Gasteiger partial charge in [0.2, 0.25) is 0 Å². The van der Waals surface area contributed by atoms with Crippen LogP contribution in [0.15, 0.2) is 24.3 Å². The third kappa shape index (κ3) is 2.74. The normalized spacial score (nSPS) is 16.9. The Morgan fingerprint density at radius 3 is 2.29 bits per heavy atom. The summed E-state index contributed by atoms with van der Waals surface area (Å²) < 4.78 is 12.0. The summed E-state index contributed by atoms with van der Waals surface area (Å²) in [4.78, 5) is 15.6. The van der Waals surface area contributed by atoms with Crippen molar-refractivity contribution in [2.75, 3.05) is 38.1 Å². The first-order valence-electron chi connectivity index (χ1n) is 5.65. The second kappa shape index (κ2) is 5.14. The minimum atomic E-state index is -0.699. The number of carbonyl (C=O) groups excluding carboxylic acids is 1. The lowest BCUT2D eigenvalue weighted by Crippen LogP contribution is -2.44. The van der Waals surface area contributed by atoms with Gasteiger partial charge in [0.25, 0.3) is 5.91 Å². The van der Waals surface area contributed by atoms with Gasteiger partial charge in [-0.2, -0.15) is 5.54 Å². The summed E-state index contributed by atoms with van der Waals surface area (Å²) in [6.07, 6.45) is 0. The monoisotopic (exact) mass is 237 g/mol. The Morgan fingerprint density at radius 1 is 1.18 bits per heavy atom. The number of hydrogen-bond donors (Lipinski definition) is 1. The van der Waals surface area contributed by atoms with Gasteiger partial charge in [0.1, 0.15) is 0 Å². The van der Waals surface area contributed by atoms with E-state index >= 15 is 0 Å². The molecule has 5 heteroatoms. The molecule has 0 bridgehead atoms. The molecule has 4 nitrogen and oxygen atoms in total. The summed E-state index contributed by atoms with van der Waals surface area (Å²) in [7, 11) is 2.10. The van der Waals surface area contributed by atoms with Crippen LogP contribution in [0.25, 0.3) is 0 Å². The van der Waals surface area contributed by atoms with Gasteiger partial charge < -0.3 is 9.80 Å². The predicted molar refractivity (Wildman–Crippen MR) is 64.7 cm³/mol. The topological polar surface area (TPSA) is 35.6 Å². The van der Waals surface area contributed by atoms with Crippen molar-refractivity contribution in [2.24, 2.45) is 0 Å². The molecule has 0 radical (unpaired) electrons. The van der Waals surface area contributed by atoms with Gasteiger partial charge in [0.05, 0.1) is 0 Å². The number of hydrogen-bond acceptors (Lipinski definition) is 3. The number of benzene rings is 1. The maximum absolute atomic E-state index is 12.0. The summed E-state index contributed by atoms with van der Waals surface area (Å²) >= 11 is 0. The summed E-state index contributed by atoms with van der Waals surface area (Å²) in [6.45, 7) is 4.02. The molecule has 0 saturated carbocycles. The molecule has 0 spiro atoms. The number of likely N-dealkylation sites (N-methyl/N-ethyl adjacent to an activating group) is 1. The summed E-state index contributed by atoms with van der Waals surface area (Å²) in [6, 6.07) is 7.00. The van der Waals surface area contributed by atoms with E-state index in [0.717, 1.165) is 37.4 Å². The molecule has 1 fully saturated rings. The van der Waals surface area contributed by atoms with Crippen LogP contribution in [0, 0.1) is 0 Å². The molecular formula is C12H16FN3O. The highest BCUT2D eigenvalue weighted by Gasteiger charge is 2.14. The van der Waals surface area contributed by atoms with Crippen LogP contribution in [0.4, 0.5) is 10.2 Å². The lowest BCUT2D eigenvalue weighted by atomic mass is 10.1. The van der Waals surface area contributed by atoms with Crippen molar-refractivity contribution in [3.05, 3.63) is 29.8 Å². The van der Waals surface area contributed by atoms with Gasteiger partial charge in [-0.3, -0.25) is 4.79 Å². The molecule has 1 heterocycles. The Bertz CT molecular complexity index is 385. The lowest BCUT2D eigenvalue weighted by molar-refractivity contribution is 0.0859. The second-order valence-corrected chi connectivity index (χ2v) is 4.26. The Labute approximate surface area is 99.9 Å². The van der Waals surface area contributed by atoms with Crippen LogP contribution in [-0.4, -0.2) is 44.0 Å². The number of halogens is 1. The highest BCUT2D eigenvalue weighted by atomic mass is 19.2. The molecule has 1 aliphatic rings. The number of carbonyl (C=O) groups is 1. The first-order chi connectivity index (χ1) is 8.20. The molecule has 0 unspecified atom stereocenters. The lowest BCUT2D eigenvalue weighted by Gasteiger charge is -2.34. The van der Waals surface area contributed by atoms with Gasteiger partial charge in [-0.15, -0.1) is 0 Å². The standard InChI is InChI=1S/C12H16FN3O/c1-15-6-8-16(9-7-15)11-4-2-10(3-5-11)12(17)14-13/h2-5H,6-9H2,1H3,(H,14,17). The maximum Gasteiger partial charge on any atom is 0.278 e. The molecule has 1 N–H and O–H groups in total. The zero-order valence-corrected chi connectivity index (χ0v) is 9.82. The first-order valence-corrected chi connectivity index (χ1v) is 5.65. The van der Waals surface area contributed by atoms with Crippen molar-refractivity contribution >= 4 is 11.6 Å². The van der Waals surface area contributed by atoms with Gasteiger partial charge in [-0.05, 0) is 31.3 Å². The molecule has 92 valence electrons. The van der Waals surface area contributed by atoms with Crippen molar-refractivity contribution in [1.82, 2.24) is 10.4 Å². The molecule has 0 atom stereocenters. The summed E-state index contributed by atoms with van der Waals surface area (Å²) in [5.41, 5.74) is 2.54. The maximum atomic E-state index is 12.0. The Hall–Kier alpha value is -1.62. The van der Waals surface area contributed by atoms with E-state index < -0.39 is 5.91 Å². The van der Waals surface area contributed by atoms with E-state index in [1.165, 1.54) is 0 Å². The summed E-state index contributed by atoms with van der Waals surface area (Å²) in [5.74, 6) is -0.699. The average Bonchev–Trinajstić information content (AvgIpc) is 2.39. The van der Waals surface area contributed by atoms with Crippen LogP contribution in [0.1, 0.15) is 10.4 Å². The number of piperazine rings is 1. The third-order valence-electron chi connectivity index (χ3n) is 3.08. The quantitative estimate of drug-likeness (QED) is 0.781. The van der Waals surface area contributed by atoms with Gasteiger partial charge in [0, 0.05) is 37.4 Å². The Balaban J connectivity index is 2.05. The van der Waals surface area contributed by atoms with Crippen LogP contribution < -0.4 is 10.4 Å². The van der Waals surface area contributed by atoms with Crippen LogP contribution in [0.5, 0.6) is 0 Å². The molecule has 1 aliphatic heterocycles. The molecule has 1 amide bonds. The average molecular weight is 237 g/mol. The number of nitrogens with one attached hydrogen (secondary N) is 1. The molecule has 17 heavy (non-hydrogen) atoms. The van der Waals surface area contributed by atoms with Gasteiger partial charge in [-0.25, -0.2) is 0 Å². The fourth-order valence-corrected chi connectivity index (χ4v) is 1.94. The first kappa shape index (κ1) is 11.9. The minimum absolute atomic E-state index is 0.338. The zero-order valence-electron chi connectivity index (χ0n) is 9.82. The number of anilines is 1. The molecule has 1 saturated heterocycles. The second-order valence-electron chi connectivity index (χ2n) is 4.26. The third-order valence-corrected chi connectivity index (χ3v) is 3.08. The van der Waals surface area contributed by atoms with E-state index in [-0.39, 0.29) is 0 Å². The summed E-state index contributed by atoms with van der Waals surface area (Å²) in [5, 5.41) is 0. The number of rotatable bonds is 2. The highest BCUT2D eigenvalue weighted by molar-refractivity contribution is 5.93. The SMILES string of the molecule is CN1CCN(c2ccc(C(=O)NF)cc2)CC1. The largest absolute Gasteiger partial charge is 0.369 e. The van der Waals surface area contributed by atoms with Crippen molar-refractivity contribution in [3.8, 4) is 0 Å². The molecule has 2 rings (SSSR count). The van der Waals surface area contributed by atoms with Crippen molar-refractivity contribution in [3.63, 3.8) is 0 Å².